The minimum Gasteiger partial charge on any atom is -0.377 e. The summed E-state index contributed by atoms with van der Waals surface area (Å²) < 4.78 is 16.5. The average Bonchev–Trinajstić information content (AvgIpc) is 3.15. The maximum atomic E-state index is 5.51. The summed E-state index contributed by atoms with van der Waals surface area (Å²) in [5.74, 6) is 0. The molecule has 2 rings (SSSR count). The fraction of sp³-hybridized carbons (Fsp3) is 0.619. The fourth-order valence-corrected chi connectivity index (χ4v) is 5.36. The Morgan fingerprint density at radius 3 is 2.30 bits per heavy atom. The number of hydrogen-bond acceptors (Lipinski definition) is 5. The lowest BCUT2D eigenvalue weighted by Crippen LogP contribution is -2.43. The van der Waals surface area contributed by atoms with Gasteiger partial charge in [-0.25, -0.2) is 0 Å². The normalized spacial score (nSPS) is 14.4. The molecule has 6 heteroatoms. The topological polar surface area (TPSA) is 34.2 Å². The van der Waals surface area contributed by atoms with E-state index in [1.807, 2.05) is 0 Å². The average molecular weight is 393 g/mol. The van der Waals surface area contributed by atoms with Gasteiger partial charge in [0.15, 0.2) is 0 Å². The van der Waals surface area contributed by atoms with Gasteiger partial charge in [0, 0.05) is 52.0 Å². The lowest BCUT2D eigenvalue weighted by molar-refractivity contribution is 0.122. The first-order valence-electron chi connectivity index (χ1n) is 10.1. The Labute approximate surface area is 166 Å². The summed E-state index contributed by atoms with van der Waals surface area (Å²) in [6.45, 7) is 6.35. The Morgan fingerprint density at radius 2 is 1.67 bits per heavy atom. The Kier molecular flexibility index (Phi) is 8.82. The summed E-state index contributed by atoms with van der Waals surface area (Å²) >= 11 is 0. The van der Waals surface area contributed by atoms with Gasteiger partial charge in [-0.2, -0.15) is 0 Å². The van der Waals surface area contributed by atoms with E-state index < -0.39 is 8.80 Å². The molecule has 0 spiro atoms. The first kappa shape index (κ1) is 22.0. The molecule has 0 N–H and O–H groups in total. The van der Waals surface area contributed by atoms with Crippen LogP contribution in [0.5, 0.6) is 0 Å². The zero-order valence-corrected chi connectivity index (χ0v) is 18.7. The number of rotatable bonds is 12. The lowest BCUT2D eigenvalue weighted by atomic mass is 10.0. The highest BCUT2D eigenvalue weighted by Crippen LogP contribution is 2.27. The molecule has 0 unspecified atom stereocenters. The van der Waals surface area contributed by atoms with Crippen molar-refractivity contribution >= 4 is 14.5 Å². The maximum absolute atomic E-state index is 5.51. The molecule has 1 heterocycles. The highest BCUT2D eigenvalue weighted by Gasteiger charge is 2.37. The van der Waals surface area contributed by atoms with E-state index in [4.69, 9.17) is 13.3 Å². The first-order valence-corrected chi connectivity index (χ1v) is 12.0. The van der Waals surface area contributed by atoms with E-state index in [9.17, 15) is 0 Å². The van der Waals surface area contributed by atoms with E-state index in [0.717, 1.165) is 38.5 Å². The standard InChI is InChI=1S/C21H36N2O3Si/c1-6-9-19-11-12-21(20(17-19)10-7-2)23-15-14-22(18-23)13-8-16-27(24-3,25-4)26-5/h11-12,14-15,17H,6-10,13,16,18H2,1-5H3. The van der Waals surface area contributed by atoms with Gasteiger partial charge < -0.3 is 23.1 Å². The molecule has 1 aromatic carbocycles. The molecular formula is C21H36N2O3Si. The van der Waals surface area contributed by atoms with Crippen molar-refractivity contribution in [3.8, 4) is 0 Å². The molecule has 0 radical (unpaired) electrons. The van der Waals surface area contributed by atoms with Gasteiger partial charge in [0.05, 0.1) is 6.67 Å². The lowest BCUT2D eigenvalue weighted by Gasteiger charge is -2.26. The van der Waals surface area contributed by atoms with Crippen LogP contribution in [0.15, 0.2) is 30.6 Å². The van der Waals surface area contributed by atoms with Crippen molar-refractivity contribution in [3.05, 3.63) is 41.7 Å². The monoisotopic (exact) mass is 392 g/mol. The van der Waals surface area contributed by atoms with Crippen LogP contribution in [0.4, 0.5) is 5.69 Å². The van der Waals surface area contributed by atoms with Crippen LogP contribution in [-0.2, 0) is 26.1 Å². The molecule has 0 amide bonds. The van der Waals surface area contributed by atoms with E-state index >= 15 is 0 Å². The largest absolute Gasteiger partial charge is 0.500 e. The van der Waals surface area contributed by atoms with Gasteiger partial charge in [0.25, 0.3) is 0 Å². The quantitative estimate of drug-likeness (QED) is 0.492. The predicted octanol–water partition coefficient (Wildman–Crippen LogP) is 4.41. The summed E-state index contributed by atoms with van der Waals surface area (Å²) in [5, 5.41) is 0. The predicted molar refractivity (Wildman–Crippen MR) is 114 cm³/mol. The highest BCUT2D eigenvalue weighted by molar-refractivity contribution is 6.60. The van der Waals surface area contributed by atoms with Crippen molar-refractivity contribution in [1.82, 2.24) is 4.90 Å². The second-order valence-corrected chi connectivity index (χ2v) is 10.2. The van der Waals surface area contributed by atoms with Crippen molar-refractivity contribution in [2.75, 3.05) is 39.4 Å². The molecule has 27 heavy (non-hydrogen) atoms. The van der Waals surface area contributed by atoms with Crippen molar-refractivity contribution in [1.29, 1.82) is 0 Å². The van der Waals surface area contributed by atoms with Gasteiger partial charge in [-0.3, -0.25) is 0 Å². The summed E-state index contributed by atoms with van der Waals surface area (Å²) in [6, 6.07) is 7.80. The molecule has 1 aromatic rings. The van der Waals surface area contributed by atoms with Crippen LogP contribution >= 0.6 is 0 Å². The number of hydrogen-bond donors (Lipinski definition) is 0. The third kappa shape index (κ3) is 5.81. The van der Waals surface area contributed by atoms with Gasteiger partial charge >= 0.3 is 8.80 Å². The molecule has 0 atom stereocenters. The molecule has 5 nitrogen and oxygen atoms in total. The van der Waals surface area contributed by atoms with Crippen LogP contribution < -0.4 is 4.90 Å². The first-order chi connectivity index (χ1) is 13.1. The van der Waals surface area contributed by atoms with Gasteiger partial charge in [0.2, 0.25) is 0 Å². The number of aryl methyl sites for hydroxylation is 2. The van der Waals surface area contributed by atoms with Gasteiger partial charge in [-0.15, -0.1) is 0 Å². The van der Waals surface area contributed by atoms with Crippen LogP contribution in [0.25, 0.3) is 0 Å². The van der Waals surface area contributed by atoms with Crippen LogP contribution in [0.1, 0.15) is 44.2 Å². The van der Waals surface area contributed by atoms with Crippen molar-refractivity contribution in [2.24, 2.45) is 0 Å². The third-order valence-electron chi connectivity index (χ3n) is 5.16. The van der Waals surface area contributed by atoms with Gasteiger partial charge in [-0.1, -0.05) is 38.8 Å². The maximum Gasteiger partial charge on any atom is 0.500 e. The van der Waals surface area contributed by atoms with Crippen molar-refractivity contribution in [3.63, 3.8) is 0 Å². The third-order valence-corrected chi connectivity index (χ3v) is 8.00. The zero-order chi connectivity index (χ0) is 19.7. The summed E-state index contributed by atoms with van der Waals surface area (Å²) in [6.07, 6.45) is 10.0. The van der Waals surface area contributed by atoms with E-state index in [-0.39, 0.29) is 0 Å². The van der Waals surface area contributed by atoms with Crippen molar-refractivity contribution < 1.29 is 13.3 Å². The van der Waals surface area contributed by atoms with Crippen LogP contribution in [-0.4, -0.2) is 48.2 Å². The Balaban J connectivity index is 1.95. The van der Waals surface area contributed by atoms with E-state index in [2.05, 4.69) is 54.2 Å². The van der Waals surface area contributed by atoms with E-state index in [1.54, 1.807) is 21.3 Å². The van der Waals surface area contributed by atoms with E-state index in [1.165, 1.54) is 29.7 Å². The van der Waals surface area contributed by atoms with Gasteiger partial charge in [-0.05, 0) is 36.5 Å². The number of nitrogens with zero attached hydrogens (tertiary/aromatic N) is 2. The second-order valence-electron chi connectivity index (χ2n) is 7.08. The molecule has 1 aliphatic rings. The summed E-state index contributed by atoms with van der Waals surface area (Å²) in [7, 11) is 2.56. The molecule has 0 bridgehead atoms. The van der Waals surface area contributed by atoms with Crippen LogP contribution in [0, 0.1) is 0 Å². The Hall–Kier alpha value is -1.34. The summed E-state index contributed by atoms with van der Waals surface area (Å²) in [4.78, 5) is 4.70. The molecule has 0 saturated carbocycles. The second kappa shape index (κ2) is 10.9. The zero-order valence-electron chi connectivity index (χ0n) is 17.7. The van der Waals surface area contributed by atoms with Crippen LogP contribution in [0.2, 0.25) is 6.04 Å². The molecule has 0 aromatic heterocycles. The minimum atomic E-state index is -2.47. The highest BCUT2D eigenvalue weighted by atomic mass is 28.4. The number of anilines is 1. The molecule has 0 aliphatic carbocycles. The molecule has 1 aliphatic heterocycles. The van der Waals surface area contributed by atoms with Crippen LogP contribution in [0.3, 0.4) is 0 Å². The Morgan fingerprint density at radius 1 is 0.963 bits per heavy atom. The van der Waals surface area contributed by atoms with E-state index in [0.29, 0.717) is 0 Å². The fourth-order valence-electron chi connectivity index (χ4n) is 3.65. The SMILES string of the molecule is CCCc1ccc(N2C=CN(CCC[Si](OC)(OC)OC)C2)c(CCC)c1. The molecule has 152 valence electrons. The molecular weight excluding hydrogens is 356 g/mol. The smallest absolute Gasteiger partial charge is 0.377 e. The van der Waals surface area contributed by atoms with Gasteiger partial charge in [0.1, 0.15) is 0 Å². The summed E-state index contributed by atoms with van der Waals surface area (Å²) in [5.41, 5.74) is 4.24. The molecule has 0 fully saturated rings. The minimum absolute atomic E-state index is 0.827. The Bertz CT molecular complexity index is 597. The molecule has 0 saturated heterocycles. The van der Waals surface area contributed by atoms with Crippen molar-refractivity contribution in [2.45, 2.75) is 52.0 Å². The number of benzene rings is 1.